The van der Waals surface area contributed by atoms with Gasteiger partial charge in [-0.25, -0.2) is 4.39 Å². The van der Waals surface area contributed by atoms with Crippen LogP contribution in [0.25, 0.3) is 0 Å². The Kier molecular flexibility index (Phi) is 4.19. The lowest BCUT2D eigenvalue weighted by Gasteiger charge is -2.31. The first-order valence-corrected chi connectivity index (χ1v) is 6.44. The van der Waals surface area contributed by atoms with Gasteiger partial charge in [0.15, 0.2) is 0 Å². The van der Waals surface area contributed by atoms with Crippen molar-refractivity contribution in [3.63, 3.8) is 0 Å². The Labute approximate surface area is 111 Å². The molecule has 0 amide bonds. The molecule has 1 fully saturated rings. The molecule has 0 aliphatic carbocycles. The topological polar surface area (TPSA) is 53.1 Å². The lowest BCUT2D eigenvalue weighted by Crippen LogP contribution is -2.37. The third kappa shape index (κ3) is 3.21. The number of benzene rings is 1. The van der Waals surface area contributed by atoms with Crippen LogP contribution in [0.2, 0.25) is 5.02 Å². The van der Waals surface area contributed by atoms with Gasteiger partial charge in [0.1, 0.15) is 5.82 Å². The lowest BCUT2D eigenvalue weighted by atomic mass is 9.95. The van der Waals surface area contributed by atoms with E-state index in [1.54, 1.807) is 6.07 Å². The summed E-state index contributed by atoms with van der Waals surface area (Å²) in [7, 11) is 0. The van der Waals surface area contributed by atoms with Gasteiger partial charge < -0.3 is 5.73 Å². The van der Waals surface area contributed by atoms with Crippen molar-refractivity contribution in [1.82, 2.24) is 4.90 Å². The quantitative estimate of drug-likeness (QED) is 0.655. The van der Waals surface area contributed by atoms with Crippen molar-refractivity contribution in [3.8, 4) is 0 Å². The van der Waals surface area contributed by atoms with Gasteiger partial charge in [0.05, 0.1) is 5.84 Å². The van der Waals surface area contributed by atoms with Gasteiger partial charge in [-0.05, 0) is 49.7 Å². The van der Waals surface area contributed by atoms with Crippen LogP contribution in [0.4, 0.5) is 4.39 Å². The van der Waals surface area contributed by atoms with Gasteiger partial charge in [-0.3, -0.25) is 10.3 Å². The maximum Gasteiger partial charge on any atom is 0.123 e. The number of nitrogens with one attached hydrogen (secondary N) is 1. The van der Waals surface area contributed by atoms with Crippen LogP contribution in [0.15, 0.2) is 18.2 Å². The molecule has 18 heavy (non-hydrogen) atoms. The molecule has 0 atom stereocenters. The molecule has 5 heteroatoms. The number of hydrogen-bond acceptors (Lipinski definition) is 2. The highest BCUT2D eigenvalue weighted by molar-refractivity contribution is 6.31. The second kappa shape index (κ2) is 5.67. The van der Waals surface area contributed by atoms with Crippen molar-refractivity contribution in [2.24, 2.45) is 11.7 Å². The molecule has 98 valence electrons. The number of nitrogens with zero attached hydrogens (tertiary/aromatic N) is 1. The van der Waals surface area contributed by atoms with Crippen molar-refractivity contribution < 1.29 is 4.39 Å². The zero-order chi connectivity index (χ0) is 13.1. The van der Waals surface area contributed by atoms with Gasteiger partial charge in [-0.1, -0.05) is 11.6 Å². The molecule has 0 radical (unpaired) electrons. The van der Waals surface area contributed by atoms with E-state index < -0.39 is 0 Å². The van der Waals surface area contributed by atoms with Gasteiger partial charge in [0, 0.05) is 17.5 Å². The first kappa shape index (κ1) is 13.3. The highest BCUT2D eigenvalue weighted by atomic mass is 35.5. The maximum absolute atomic E-state index is 13.1. The summed E-state index contributed by atoms with van der Waals surface area (Å²) >= 11 is 6.05. The Morgan fingerprint density at radius 3 is 2.72 bits per heavy atom. The van der Waals surface area contributed by atoms with Crippen LogP contribution in [-0.2, 0) is 6.54 Å². The van der Waals surface area contributed by atoms with E-state index in [0.717, 1.165) is 31.5 Å². The van der Waals surface area contributed by atoms with Gasteiger partial charge in [0.2, 0.25) is 0 Å². The minimum Gasteiger partial charge on any atom is -0.387 e. The number of halogens is 2. The molecule has 0 bridgehead atoms. The van der Waals surface area contributed by atoms with Crippen LogP contribution in [-0.4, -0.2) is 23.8 Å². The first-order valence-electron chi connectivity index (χ1n) is 6.06. The summed E-state index contributed by atoms with van der Waals surface area (Å²) in [5.41, 5.74) is 6.32. The van der Waals surface area contributed by atoms with E-state index in [1.165, 1.54) is 12.1 Å². The van der Waals surface area contributed by atoms with Gasteiger partial charge in [0.25, 0.3) is 0 Å². The zero-order valence-electron chi connectivity index (χ0n) is 10.1. The molecule has 1 aromatic carbocycles. The standard InChI is InChI=1S/C13H17ClFN3/c14-12-2-1-11(15)7-10(12)8-18-5-3-9(4-6-18)13(16)17/h1-2,7,9H,3-6,8H2,(H3,16,17). The molecule has 3 nitrogen and oxygen atoms in total. The normalized spacial score (nSPS) is 17.9. The molecule has 1 aliphatic heterocycles. The van der Waals surface area contributed by atoms with Crippen LogP contribution in [0.3, 0.4) is 0 Å². The second-order valence-electron chi connectivity index (χ2n) is 4.74. The smallest absolute Gasteiger partial charge is 0.123 e. The summed E-state index contributed by atoms with van der Waals surface area (Å²) < 4.78 is 13.1. The highest BCUT2D eigenvalue weighted by Crippen LogP contribution is 2.22. The monoisotopic (exact) mass is 269 g/mol. The van der Waals surface area contributed by atoms with Crippen molar-refractivity contribution in [3.05, 3.63) is 34.6 Å². The first-order chi connectivity index (χ1) is 8.56. The molecular formula is C13H17ClFN3. The van der Waals surface area contributed by atoms with E-state index >= 15 is 0 Å². The van der Waals surface area contributed by atoms with Gasteiger partial charge in [-0.15, -0.1) is 0 Å². The predicted octanol–water partition coefficient (Wildman–Crippen LogP) is 2.63. The summed E-state index contributed by atoms with van der Waals surface area (Å²) in [5.74, 6) is 0.218. The van der Waals surface area contributed by atoms with Crippen LogP contribution >= 0.6 is 11.6 Å². The van der Waals surface area contributed by atoms with Crippen molar-refractivity contribution in [2.45, 2.75) is 19.4 Å². The maximum atomic E-state index is 13.1. The minimum absolute atomic E-state index is 0.198. The summed E-state index contributed by atoms with van der Waals surface area (Å²) in [6, 6.07) is 4.45. The van der Waals surface area contributed by atoms with Gasteiger partial charge in [-0.2, -0.15) is 0 Å². The molecule has 0 unspecified atom stereocenters. The molecule has 0 aromatic heterocycles. The fourth-order valence-electron chi connectivity index (χ4n) is 2.31. The zero-order valence-corrected chi connectivity index (χ0v) is 10.9. The number of nitrogens with two attached hydrogens (primary N) is 1. The Balaban J connectivity index is 1.95. The molecule has 0 spiro atoms. The Morgan fingerprint density at radius 1 is 1.44 bits per heavy atom. The highest BCUT2D eigenvalue weighted by Gasteiger charge is 2.21. The summed E-state index contributed by atoms with van der Waals surface area (Å²) in [4.78, 5) is 2.22. The molecular weight excluding hydrogens is 253 g/mol. The number of amidine groups is 1. The van der Waals surface area contributed by atoms with Crippen LogP contribution in [0.5, 0.6) is 0 Å². The Hall–Kier alpha value is -1.13. The lowest BCUT2D eigenvalue weighted by molar-refractivity contribution is 0.201. The molecule has 1 heterocycles. The molecule has 1 aromatic rings. The van der Waals surface area contributed by atoms with E-state index in [9.17, 15) is 4.39 Å². The van der Waals surface area contributed by atoms with E-state index in [4.69, 9.17) is 22.7 Å². The van der Waals surface area contributed by atoms with Crippen LogP contribution in [0.1, 0.15) is 18.4 Å². The Bertz CT molecular complexity index is 442. The van der Waals surface area contributed by atoms with Crippen LogP contribution < -0.4 is 5.73 Å². The SMILES string of the molecule is N=C(N)C1CCN(Cc2cc(F)ccc2Cl)CC1. The fraction of sp³-hybridized carbons (Fsp3) is 0.462. The second-order valence-corrected chi connectivity index (χ2v) is 5.15. The third-order valence-electron chi connectivity index (χ3n) is 3.43. The third-order valence-corrected chi connectivity index (χ3v) is 3.80. The molecule has 3 N–H and O–H groups in total. The van der Waals surface area contributed by atoms with Crippen molar-refractivity contribution in [2.75, 3.05) is 13.1 Å². The van der Waals surface area contributed by atoms with E-state index in [0.29, 0.717) is 11.6 Å². The summed E-state index contributed by atoms with van der Waals surface area (Å²) in [6.07, 6.45) is 1.78. The average Bonchev–Trinajstić information content (AvgIpc) is 2.34. The van der Waals surface area contributed by atoms with Crippen molar-refractivity contribution in [1.29, 1.82) is 5.41 Å². The Morgan fingerprint density at radius 2 is 2.11 bits per heavy atom. The molecule has 1 aliphatic rings. The average molecular weight is 270 g/mol. The number of likely N-dealkylation sites (tertiary alicyclic amines) is 1. The van der Waals surface area contributed by atoms with E-state index in [-0.39, 0.29) is 17.6 Å². The largest absolute Gasteiger partial charge is 0.387 e. The molecule has 1 saturated heterocycles. The summed E-state index contributed by atoms with van der Waals surface area (Å²) in [6.45, 7) is 2.40. The van der Waals surface area contributed by atoms with Crippen LogP contribution in [0, 0.1) is 17.1 Å². The van der Waals surface area contributed by atoms with Crippen molar-refractivity contribution >= 4 is 17.4 Å². The molecule has 2 rings (SSSR count). The van der Waals surface area contributed by atoms with E-state index in [2.05, 4.69) is 4.90 Å². The number of rotatable bonds is 3. The molecule has 0 saturated carbocycles. The van der Waals surface area contributed by atoms with E-state index in [1.807, 2.05) is 0 Å². The fourth-order valence-corrected chi connectivity index (χ4v) is 2.48. The minimum atomic E-state index is -0.256. The number of piperidine rings is 1. The predicted molar refractivity (Wildman–Crippen MR) is 71.3 cm³/mol. The number of hydrogen-bond donors (Lipinski definition) is 2. The summed E-state index contributed by atoms with van der Waals surface area (Å²) in [5, 5.41) is 8.03. The van der Waals surface area contributed by atoms with Gasteiger partial charge >= 0.3 is 0 Å².